The molecule has 1 aliphatic rings. The van der Waals surface area contributed by atoms with Crippen molar-refractivity contribution in [1.29, 1.82) is 0 Å². The quantitative estimate of drug-likeness (QED) is 0.543. The number of Topliss-reactive ketones (excluding diaryl/α,β-unsaturated/α-hetero) is 1. The van der Waals surface area contributed by atoms with Gasteiger partial charge < -0.3 is 4.74 Å². The van der Waals surface area contributed by atoms with Gasteiger partial charge in [-0.3, -0.25) is 4.79 Å². The van der Waals surface area contributed by atoms with Crippen LogP contribution in [-0.2, 0) is 14.8 Å². The molecule has 0 unspecified atom stereocenters. The number of benzene rings is 1. The van der Waals surface area contributed by atoms with Gasteiger partial charge in [0.1, 0.15) is 0 Å². The number of sulfonamides is 1. The molecule has 3 rings (SSSR count). The number of carbonyl (C=O) groups excluding carboxylic acids is 2. The molecule has 27 heavy (non-hydrogen) atoms. The van der Waals surface area contributed by atoms with E-state index in [1.54, 1.807) is 17.5 Å². The summed E-state index contributed by atoms with van der Waals surface area (Å²) in [4.78, 5) is 24.6. The van der Waals surface area contributed by atoms with Crippen LogP contribution in [0.5, 0.6) is 0 Å². The van der Waals surface area contributed by atoms with E-state index in [-0.39, 0.29) is 22.8 Å². The highest BCUT2D eigenvalue weighted by molar-refractivity contribution is 7.89. The van der Waals surface area contributed by atoms with Gasteiger partial charge in [0.25, 0.3) is 0 Å². The molecule has 0 amide bonds. The van der Waals surface area contributed by atoms with Gasteiger partial charge in [-0.25, -0.2) is 13.2 Å². The van der Waals surface area contributed by atoms with Crippen molar-refractivity contribution in [1.82, 2.24) is 4.31 Å². The van der Waals surface area contributed by atoms with Crippen molar-refractivity contribution >= 4 is 33.1 Å². The van der Waals surface area contributed by atoms with Crippen LogP contribution in [0.15, 0.2) is 46.7 Å². The first-order valence-corrected chi connectivity index (χ1v) is 11.0. The van der Waals surface area contributed by atoms with Crippen molar-refractivity contribution in [3.8, 4) is 0 Å². The van der Waals surface area contributed by atoms with E-state index in [1.807, 2.05) is 0 Å². The molecular weight excluding hydrogens is 386 g/mol. The van der Waals surface area contributed by atoms with Gasteiger partial charge in [-0.05, 0) is 54.5 Å². The van der Waals surface area contributed by atoms with E-state index in [4.69, 9.17) is 4.74 Å². The summed E-state index contributed by atoms with van der Waals surface area (Å²) < 4.78 is 31.9. The van der Waals surface area contributed by atoms with E-state index >= 15 is 0 Å². The predicted octanol–water partition coefficient (Wildman–Crippen LogP) is 3.21. The average Bonchev–Trinajstić information content (AvgIpc) is 3.21. The number of hydrogen-bond acceptors (Lipinski definition) is 6. The number of hydrogen-bond donors (Lipinski definition) is 0. The first-order valence-electron chi connectivity index (χ1n) is 8.72. The van der Waals surface area contributed by atoms with Gasteiger partial charge in [0.05, 0.1) is 15.3 Å². The Morgan fingerprint density at radius 2 is 1.81 bits per heavy atom. The maximum atomic E-state index is 12.7. The van der Waals surface area contributed by atoms with Crippen molar-refractivity contribution in [2.75, 3.05) is 19.7 Å². The number of thiophene rings is 1. The molecule has 6 nitrogen and oxygen atoms in total. The van der Waals surface area contributed by atoms with Crippen molar-refractivity contribution in [2.45, 2.75) is 24.7 Å². The topological polar surface area (TPSA) is 80.8 Å². The normalized spacial score (nSPS) is 16.2. The highest BCUT2D eigenvalue weighted by atomic mass is 32.2. The monoisotopic (exact) mass is 407 g/mol. The van der Waals surface area contributed by atoms with Crippen LogP contribution in [0.3, 0.4) is 0 Å². The molecule has 2 aromatic rings. The van der Waals surface area contributed by atoms with Gasteiger partial charge in [0.15, 0.2) is 6.61 Å². The Kier molecular flexibility index (Phi) is 6.08. The molecule has 0 radical (unpaired) electrons. The highest BCUT2D eigenvalue weighted by Gasteiger charge is 2.28. The zero-order valence-electron chi connectivity index (χ0n) is 15.0. The maximum absolute atomic E-state index is 12.7. The minimum atomic E-state index is -3.55. The molecule has 0 aliphatic carbocycles. The lowest BCUT2D eigenvalue weighted by molar-refractivity contribution is 0.0475. The molecule has 0 atom stereocenters. The number of rotatable bonds is 6. The lowest BCUT2D eigenvalue weighted by Gasteiger charge is -2.29. The fourth-order valence-electron chi connectivity index (χ4n) is 2.86. The van der Waals surface area contributed by atoms with Crippen molar-refractivity contribution in [3.05, 3.63) is 52.2 Å². The third-order valence-electron chi connectivity index (χ3n) is 4.60. The molecule has 8 heteroatoms. The Bertz CT molecular complexity index is 896. The van der Waals surface area contributed by atoms with Gasteiger partial charge in [0, 0.05) is 13.1 Å². The van der Waals surface area contributed by atoms with Crippen LogP contribution in [0.25, 0.3) is 0 Å². The second-order valence-corrected chi connectivity index (χ2v) is 9.47. The number of nitrogens with zero attached hydrogens (tertiary/aromatic N) is 1. The SMILES string of the molecule is CC1CCN(S(=O)(=O)c2ccc(C(=O)OCC(=O)c3cccs3)cc2)CC1. The summed E-state index contributed by atoms with van der Waals surface area (Å²) in [6, 6.07) is 9.06. The van der Waals surface area contributed by atoms with Gasteiger partial charge in [-0.1, -0.05) is 13.0 Å². The maximum Gasteiger partial charge on any atom is 0.338 e. The van der Waals surface area contributed by atoms with Crippen molar-refractivity contribution in [2.24, 2.45) is 5.92 Å². The Labute approximate surface area is 162 Å². The molecule has 0 N–H and O–H groups in total. The minimum Gasteiger partial charge on any atom is -0.454 e. The second-order valence-electron chi connectivity index (χ2n) is 6.59. The summed E-state index contributed by atoms with van der Waals surface area (Å²) in [5.41, 5.74) is 0.209. The van der Waals surface area contributed by atoms with Gasteiger partial charge in [0.2, 0.25) is 15.8 Å². The summed E-state index contributed by atoms with van der Waals surface area (Å²) in [5.74, 6) is -0.391. The van der Waals surface area contributed by atoms with Crippen LogP contribution in [0.1, 0.15) is 39.8 Å². The lowest BCUT2D eigenvalue weighted by Crippen LogP contribution is -2.37. The van der Waals surface area contributed by atoms with E-state index < -0.39 is 16.0 Å². The summed E-state index contributed by atoms with van der Waals surface area (Å²) >= 11 is 1.28. The minimum absolute atomic E-state index is 0.156. The Morgan fingerprint density at radius 1 is 1.15 bits per heavy atom. The molecule has 0 spiro atoms. The third-order valence-corrected chi connectivity index (χ3v) is 7.42. The number of ether oxygens (including phenoxy) is 1. The number of carbonyl (C=O) groups is 2. The molecule has 144 valence electrons. The molecule has 0 bridgehead atoms. The molecule has 1 fully saturated rings. The van der Waals surface area contributed by atoms with Gasteiger partial charge in [-0.2, -0.15) is 4.31 Å². The standard InChI is InChI=1S/C19H21NO5S2/c1-14-8-10-20(11-9-14)27(23,24)16-6-4-15(5-7-16)19(22)25-13-17(21)18-3-2-12-26-18/h2-7,12,14H,8-11,13H2,1H3. The first-order chi connectivity index (χ1) is 12.9. The second kappa shape index (κ2) is 8.33. The molecule has 1 aromatic carbocycles. The smallest absolute Gasteiger partial charge is 0.338 e. The predicted molar refractivity (Wildman–Crippen MR) is 103 cm³/mol. The summed E-state index contributed by atoms with van der Waals surface area (Å²) in [5, 5.41) is 1.78. The van der Waals surface area contributed by atoms with Crippen LogP contribution < -0.4 is 0 Å². The Hall–Kier alpha value is -2.03. The molecule has 0 saturated carbocycles. The molecule has 1 aliphatic heterocycles. The molecule has 1 aromatic heterocycles. The molecular formula is C19H21NO5S2. The largest absolute Gasteiger partial charge is 0.454 e. The molecule has 1 saturated heterocycles. The van der Waals surface area contributed by atoms with Crippen LogP contribution in [0.4, 0.5) is 0 Å². The fourth-order valence-corrected chi connectivity index (χ4v) is 4.98. The van der Waals surface area contributed by atoms with Crippen LogP contribution in [0.2, 0.25) is 0 Å². The zero-order chi connectivity index (χ0) is 19.4. The van der Waals surface area contributed by atoms with E-state index in [9.17, 15) is 18.0 Å². The van der Waals surface area contributed by atoms with Gasteiger partial charge >= 0.3 is 5.97 Å². The van der Waals surface area contributed by atoms with E-state index in [2.05, 4.69) is 6.92 Å². The third kappa shape index (κ3) is 4.63. The number of ketones is 1. The van der Waals surface area contributed by atoms with Crippen molar-refractivity contribution in [3.63, 3.8) is 0 Å². The van der Waals surface area contributed by atoms with E-state index in [0.29, 0.717) is 23.9 Å². The van der Waals surface area contributed by atoms with E-state index in [0.717, 1.165) is 12.8 Å². The van der Waals surface area contributed by atoms with Crippen molar-refractivity contribution < 1.29 is 22.7 Å². The van der Waals surface area contributed by atoms with Gasteiger partial charge in [-0.15, -0.1) is 11.3 Å². The highest BCUT2D eigenvalue weighted by Crippen LogP contribution is 2.23. The Balaban J connectivity index is 1.62. The molecule has 2 heterocycles. The zero-order valence-corrected chi connectivity index (χ0v) is 16.6. The first kappa shape index (κ1) is 19.7. The number of esters is 1. The summed E-state index contributed by atoms with van der Waals surface area (Å²) in [6.07, 6.45) is 1.70. The average molecular weight is 408 g/mol. The Morgan fingerprint density at radius 3 is 2.41 bits per heavy atom. The van der Waals surface area contributed by atoms with E-state index in [1.165, 1.54) is 39.9 Å². The van der Waals surface area contributed by atoms with Crippen LogP contribution in [0, 0.1) is 5.92 Å². The number of piperidine rings is 1. The lowest BCUT2D eigenvalue weighted by atomic mass is 10.0. The summed E-state index contributed by atoms with van der Waals surface area (Å²) in [7, 11) is -3.55. The van der Waals surface area contributed by atoms with Crippen LogP contribution >= 0.6 is 11.3 Å². The summed E-state index contributed by atoms with van der Waals surface area (Å²) in [6.45, 7) is 2.80. The van der Waals surface area contributed by atoms with Crippen LogP contribution in [-0.4, -0.2) is 44.2 Å². The fraction of sp³-hybridized carbons (Fsp3) is 0.368.